The van der Waals surface area contributed by atoms with Gasteiger partial charge in [-0.1, -0.05) is 24.3 Å². The molecule has 1 fully saturated rings. The van der Waals surface area contributed by atoms with E-state index >= 15 is 0 Å². The molecule has 0 spiro atoms. The number of carbonyl (C=O) groups is 2. The molecule has 1 aliphatic heterocycles. The van der Waals surface area contributed by atoms with Gasteiger partial charge in [-0.05, 0) is 84.6 Å². The van der Waals surface area contributed by atoms with Crippen LogP contribution in [-0.2, 0) is 4.79 Å². The maximum atomic E-state index is 13.2. The Bertz CT molecular complexity index is 1760. The Morgan fingerprint density at radius 2 is 1.71 bits per heavy atom. The smallest absolute Gasteiger partial charge is 0.253 e. The summed E-state index contributed by atoms with van der Waals surface area (Å²) in [7, 11) is 1.56. The van der Waals surface area contributed by atoms with Crippen LogP contribution in [0.4, 0.5) is 21.7 Å². The number of ether oxygens (including phenoxy) is 1. The fourth-order valence-corrected chi connectivity index (χ4v) is 4.76. The van der Waals surface area contributed by atoms with Crippen LogP contribution in [0, 0.1) is 5.82 Å². The van der Waals surface area contributed by atoms with Gasteiger partial charge in [-0.3, -0.25) is 9.59 Å². The molecule has 0 bridgehead atoms. The highest BCUT2D eigenvalue weighted by atomic mass is 19.1. The van der Waals surface area contributed by atoms with E-state index in [0.717, 1.165) is 36.2 Å². The average molecular weight is 565 g/mol. The molecular formula is C32H29FN6O3. The topological polar surface area (TPSA) is 101 Å². The first-order valence-corrected chi connectivity index (χ1v) is 13.7. The first-order chi connectivity index (χ1) is 20.4. The molecular weight excluding hydrogens is 535 g/mol. The van der Waals surface area contributed by atoms with Gasteiger partial charge in [0.05, 0.1) is 18.7 Å². The number of methoxy groups -OCH3 is 1. The van der Waals surface area contributed by atoms with E-state index in [1.54, 1.807) is 48.9 Å². The summed E-state index contributed by atoms with van der Waals surface area (Å²) in [6, 6.07) is 22.6. The van der Waals surface area contributed by atoms with E-state index in [2.05, 4.69) is 20.7 Å². The Morgan fingerprint density at radius 1 is 0.952 bits per heavy atom. The van der Waals surface area contributed by atoms with Crippen LogP contribution in [0.3, 0.4) is 0 Å². The molecule has 1 saturated heterocycles. The van der Waals surface area contributed by atoms with Gasteiger partial charge < -0.3 is 20.3 Å². The molecule has 1 unspecified atom stereocenters. The second kappa shape index (κ2) is 11.3. The molecule has 6 rings (SSSR count). The number of carbonyl (C=O) groups excluding carboxylic acids is 2. The minimum absolute atomic E-state index is 0.000505. The van der Waals surface area contributed by atoms with E-state index in [4.69, 9.17) is 4.74 Å². The van der Waals surface area contributed by atoms with Gasteiger partial charge in [0.1, 0.15) is 11.6 Å². The van der Waals surface area contributed by atoms with Gasteiger partial charge in [0.25, 0.3) is 5.91 Å². The van der Waals surface area contributed by atoms with Gasteiger partial charge in [-0.15, -0.1) is 5.10 Å². The summed E-state index contributed by atoms with van der Waals surface area (Å²) in [5.74, 6) is -0.0111. The van der Waals surface area contributed by atoms with Gasteiger partial charge in [-0.2, -0.15) is 4.98 Å². The highest BCUT2D eigenvalue weighted by Gasteiger charge is 2.22. The average Bonchev–Trinajstić information content (AvgIpc) is 3.38. The zero-order valence-corrected chi connectivity index (χ0v) is 23.2. The largest absolute Gasteiger partial charge is 0.495 e. The van der Waals surface area contributed by atoms with Gasteiger partial charge in [0, 0.05) is 30.5 Å². The molecule has 9 nitrogen and oxygen atoms in total. The number of rotatable bonds is 8. The molecule has 0 aliphatic carbocycles. The molecule has 10 heteroatoms. The number of nitrogens with one attached hydrogen (secondary N) is 2. The number of anilines is 3. The third-order valence-corrected chi connectivity index (χ3v) is 7.42. The lowest BCUT2D eigenvalue weighted by Crippen LogP contribution is -2.42. The lowest BCUT2D eigenvalue weighted by atomic mass is 10.00. The minimum Gasteiger partial charge on any atom is -0.495 e. The molecule has 3 aromatic carbocycles. The maximum Gasteiger partial charge on any atom is 0.253 e. The number of likely N-dealkylation sites (tertiary alicyclic amines) is 1. The molecule has 42 heavy (non-hydrogen) atoms. The van der Waals surface area contributed by atoms with Crippen LogP contribution in [0.25, 0.3) is 16.8 Å². The van der Waals surface area contributed by atoms with Crippen LogP contribution in [0.2, 0.25) is 0 Å². The van der Waals surface area contributed by atoms with Crippen molar-refractivity contribution < 1.29 is 18.7 Å². The van der Waals surface area contributed by atoms with Crippen LogP contribution in [0.5, 0.6) is 5.75 Å². The summed E-state index contributed by atoms with van der Waals surface area (Å²) in [4.78, 5) is 31.7. The number of amides is 2. The summed E-state index contributed by atoms with van der Waals surface area (Å²) in [6.45, 7) is 3.36. The van der Waals surface area contributed by atoms with E-state index in [1.807, 2.05) is 47.5 Å². The van der Waals surface area contributed by atoms with E-state index in [1.165, 1.54) is 12.1 Å². The molecule has 2 amide bonds. The van der Waals surface area contributed by atoms with Gasteiger partial charge in [-0.25, -0.2) is 8.91 Å². The van der Waals surface area contributed by atoms with Crippen molar-refractivity contribution in [1.29, 1.82) is 0 Å². The normalized spacial score (nSPS) is 13.4. The first-order valence-electron chi connectivity index (χ1n) is 13.7. The molecule has 0 radical (unpaired) electrons. The SMILES string of the molecule is COc1cc(C(=O)N2CCC2)ccc1Nc1nc2cc(-c3ccc(NC(=O)C(C)c4ccc(F)cc4)cc3)ccn2n1. The van der Waals surface area contributed by atoms with Crippen molar-refractivity contribution in [3.8, 4) is 16.9 Å². The summed E-state index contributed by atoms with van der Waals surface area (Å²) < 4.78 is 20.4. The van der Waals surface area contributed by atoms with Crippen molar-refractivity contribution >= 4 is 34.8 Å². The van der Waals surface area contributed by atoms with E-state index < -0.39 is 5.92 Å². The van der Waals surface area contributed by atoms with E-state index in [9.17, 15) is 14.0 Å². The molecule has 1 atom stereocenters. The van der Waals surface area contributed by atoms with Crippen LogP contribution in [0.1, 0.15) is 35.2 Å². The third-order valence-electron chi connectivity index (χ3n) is 7.42. The summed E-state index contributed by atoms with van der Waals surface area (Å²) in [6.07, 6.45) is 2.86. The second-order valence-electron chi connectivity index (χ2n) is 10.2. The van der Waals surface area contributed by atoms with Crippen molar-refractivity contribution in [2.24, 2.45) is 0 Å². The molecule has 1 aliphatic rings. The molecule has 5 aromatic rings. The van der Waals surface area contributed by atoms with Gasteiger partial charge in [0.2, 0.25) is 11.9 Å². The van der Waals surface area contributed by atoms with Crippen molar-refractivity contribution in [3.05, 3.63) is 102 Å². The molecule has 212 valence electrons. The standard InChI is InChI=1S/C32H29FN6O3/c1-20(21-4-9-25(33)10-5-21)30(40)34-26-11-6-22(7-12-26)23-14-17-39-29(19-23)36-32(37-39)35-27-13-8-24(18-28(27)42-2)31(41)38-15-3-16-38/h4-14,17-20H,3,15-16H2,1-2H3,(H,34,40)(H,35,37). The van der Waals surface area contributed by atoms with Crippen LogP contribution < -0.4 is 15.4 Å². The lowest BCUT2D eigenvalue weighted by Gasteiger charge is -2.31. The molecule has 2 N–H and O–H groups in total. The first kappa shape index (κ1) is 26.9. The molecule has 3 heterocycles. The number of halogens is 1. The third kappa shape index (κ3) is 5.51. The Labute approximate surface area is 242 Å². The maximum absolute atomic E-state index is 13.2. The number of benzene rings is 3. The monoisotopic (exact) mass is 564 g/mol. The van der Waals surface area contributed by atoms with Crippen LogP contribution in [0.15, 0.2) is 85.1 Å². The van der Waals surface area contributed by atoms with E-state index in [0.29, 0.717) is 34.3 Å². The van der Waals surface area contributed by atoms with Crippen molar-refractivity contribution in [2.75, 3.05) is 30.8 Å². The number of aromatic nitrogens is 3. The van der Waals surface area contributed by atoms with Crippen molar-refractivity contribution in [3.63, 3.8) is 0 Å². The molecule has 0 saturated carbocycles. The Balaban J connectivity index is 1.14. The van der Waals surface area contributed by atoms with Gasteiger partial charge in [0.15, 0.2) is 5.65 Å². The van der Waals surface area contributed by atoms with Crippen molar-refractivity contribution in [2.45, 2.75) is 19.3 Å². The van der Waals surface area contributed by atoms with Crippen LogP contribution in [-0.4, -0.2) is 51.5 Å². The summed E-state index contributed by atoms with van der Waals surface area (Å²) in [5, 5.41) is 10.6. The quantitative estimate of drug-likeness (QED) is 0.244. The molecule has 2 aromatic heterocycles. The number of fused-ring (bicyclic) bond motifs is 1. The highest BCUT2D eigenvalue weighted by Crippen LogP contribution is 2.30. The number of hydrogen-bond acceptors (Lipinski definition) is 6. The lowest BCUT2D eigenvalue weighted by molar-refractivity contribution is -0.117. The summed E-state index contributed by atoms with van der Waals surface area (Å²) in [5.41, 5.74) is 5.17. The Morgan fingerprint density at radius 3 is 2.40 bits per heavy atom. The summed E-state index contributed by atoms with van der Waals surface area (Å²) >= 11 is 0. The zero-order chi connectivity index (χ0) is 29.2. The highest BCUT2D eigenvalue weighted by molar-refractivity contribution is 5.96. The predicted octanol–water partition coefficient (Wildman–Crippen LogP) is 5.88. The second-order valence-corrected chi connectivity index (χ2v) is 10.2. The Kier molecular flexibility index (Phi) is 7.26. The van der Waals surface area contributed by atoms with Crippen LogP contribution >= 0.6 is 0 Å². The number of pyridine rings is 1. The van der Waals surface area contributed by atoms with Gasteiger partial charge >= 0.3 is 0 Å². The Hall–Kier alpha value is -5.25. The fourth-order valence-electron chi connectivity index (χ4n) is 4.76. The minimum atomic E-state index is -0.422. The zero-order valence-electron chi connectivity index (χ0n) is 23.2. The predicted molar refractivity (Wildman–Crippen MR) is 159 cm³/mol. The number of hydrogen-bond donors (Lipinski definition) is 2. The van der Waals surface area contributed by atoms with Crippen molar-refractivity contribution in [1.82, 2.24) is 19.5 Å². The number of nitrogens with zero attached hydrogens (tertiary/aromatic N) is 4. The fraction of sp³-hybridized carbons (Fsp3) is 0.188. The van der Waals surface area contributed by atoms with E-state index in [-0.39, 0.29) is 17.6 Å².